The zero-order chi connectivity index (χ0) is 31.4. The van der Waals surface area contributed by atoms with Crippen LogP contribution in [0, 0.1) is 47.2 Å². The van der Waals surface area contributed by atoms with Gasteiger partial charge in [0.1, 0.15) is 0 Å². The van der Waals surface area contributed by atoms with Crippen LogP contribution >= 0.6 is 11.6 Å². The second-order valence-electron chi connectivity index (χ2n) is 10.1. The third-order valence-corrected chi connectivity index (χ3v) is 6.99. The van der Waals surface area contributed by atoms with E-state index < -0.39 is 58.5 Å². The van der Waals surface area contributed by atoms with Crippen LogP contribution in [0.25, 0.3) is 0 Å². The number of urea groups is 1. The fraction of sp³-hybridized carbons (Fsp3) is 0.357. The van der Waals surface area contributed by atoms with E-state index in [2.05, 4.69) is 27.8 Å². The Balaban J connectivity index is 0.000000171. The summed E-state index contributed by atoms with van der Waals surface area (Å²) in [5.74, 6) is 5.57. The fourth-order valence-electron chi connectivity index (χ4n) is 4.27. The van der Waals surface area contributed by atoms with Crippen LogP contribution in [0.2, 0.25) is 5.02 Å². The number of carbonyl (C=O) groups is 2. The van der Waals surface area contributed by atoms with Gasteiger partial charge in [0.25, 0.3) is 5.60 Å². The van der Waals surface area contributed by atoms with Crippen molar-refractivity contribution in [2.24, 2.45) is 11.8 Å². The highest BCUT2D eigenvalue weighted by Crippen LogP contribution is 2.49. The molecule has 2 aliphatic carbocycles. The van der Waals surface area contributed by atoms with E-state index in [0.29, 0.717) is 18.9 Å². The molecule has 2 saturated carbocycles. The molecule has 0 bridgehead atoms. The van der Waals surface area contributed by atoms with Crippen molar-refractivity contribution < 1.29 is 49.4 Å². The van der Waals surface area contributed by atoms with Crippen molar-refractivity contribution in [2.45, 2.75) is 49.2 Å². The molecule has 3 amide bonds. The quantitative estimate of drug-likeness (QED) is 0.210. The summed E-state index contributed by atoms with van der Waals surface area (Å²) >= 11 is 5.78. The largest absolute Gasteiger partial charge is 0.445 e. The monoisotopic (exact) mass is 631 g/mol. The van der Waals surface area contributed by atoms with E-state index in [1.165, 1.54) is 12.1 Å². The van der Waals surface area contributed by atoms with E-state index in [-0.39, 0.29) is 28.1 Å². The molecule has 0 radical (unpaired) electrons. The normalized spacial score (nSPS) is 24.0. The number of halogens is 9. The third-order valence-electron chi connectivity index (χ3n) is 6.76. The van der Waals surface area contributed by atoms with Crippen molar-refractivity contribution in [1.29, 1.82) is 0 Å². The van der Waals surface area contributed by atoms with E-state index in [1.807, 2.05) is 11.2 Å². The highest BCUT2D eigenvalue weighted by Gasteiger charge is 2.62. The molecule has 4 aliphatic rings. The van der Waals surface area contributed by atoms with Crippen molar-refractivity contribution in [3.8, 4) is 23.7 Å². The van der Waals surface area contributed by atoms with Gasteiger partial charge in [0.15, 0.2) is 11.6 Å². The van der Waals surface area contributed by atoms with Crippen LogP contribution in [0.15, 0.2) is 30.3 Å². The second kappa shape index (κ2) is 10.5. The van der Waals surface area contributed by atoms with Crippen molar-refractivity contribution in [3.63, 3.8) is 0 Å². The Morgan fingerprint density at radius 2 is 1.44 bits per heavy atom. The van der Waals surface area contributed by atoms with Gasteiger partial charge in [-0.1, -0.05) is 29.4 Å². The lowest BCUT2D eigenvalue weighted by molar-refractivity contribution is -0.239. The van der Waals surface area contributed by atoms with Crippen LogP contribution in [0.4, 0.5) is 56.1 Å². The summed E-state index contributed by atoms with van der Waals surface area (Å²) in [6, 6.07) is 4.16. The topological polar surface area (TPSA) is 79.5 Å². The summed E-state index contributed by atoms with van der Waals surface area (Å²) in [4.78, 5) is 23.0. The molecular weight excluding hydrogens is 614 g/mol. The summed E-state index contributed by atoms with van der Waals surface area (Å²) in [7, 11) is 0. The highest BCUT2D eigenvalue weighted by atomic mass is 35.5. The number of hydrogen-bond acceptors (Lipinski definition) is 3. The zero-order valence-corrected chi connectivity index (χ0v) is 22.3. The molecule has 2 atom stereocenters. The number of cyclic esters (lactones) is 1. The van der Waals surface area contributed by atoms with Crippen molar-refractivity contribution in [1.82, 2.24) is 5.32 Å². The van der Waals surface area contributed by atoms with Crippen LogP contribution in [0.5, 0.6) is 0 Å². The molecule has 0 spiro atoms. The number of benzene rings is 2. The van der Waals surface area contributed by atoms with Crippen molar-refractivity contribution in [2.75, 3.05) is 10.6 Å². The number of ether oxygens (including phenoxy) is 1. The molecule has 0 aromatic heterocycles. The van der Waals surface area contributed by atoms with Gasteiger partial charge in [-0.2, -0.15) is 26.3 Å². The predicted molar refractivity (Wildman–Crippen MR) is 137 cm³/mol. The minimum absolute atomic E-state index is 0.00179. The number of hydrogen-bond donors (Lipinski definition) is 3. The summed E-state index contributed by atoms with van der Waals surface area (Å²) in [6.07, 6.45) is -8.36. The molecule has 2 aliphatic heterocycles. The van der Waals surface area contributed by atoms with Gasteiger partial charge in [-0.05, 0) is 61.9 Å². The van der Waals surface area contributed by atoms with Crippen LogP contribution in [-0.2, 0) is 15.9 Å². The fourth-order valence-corrected chi connectivity index (χ4v) is 4.45. The highest BCUT2D eigenvalue weighted by molar-refractivity contribution is 6.30. The van der Waals surface area contributed by atoms with Crippen LogP contribution < -0.4 is 16.0 Å². The van der Waals surface area contributed by atoms with Crippen molar-refractivity contribution in [3.05, 3.63) is 58.1 Å². The molecule has 2 fully saturated rings. The number of carbonyl (C=O) groups excluding carboxylic acids is 2. The van der Waals surface area contributed by atoms with Gasteiger partial charge >= 0.3 is 24.5 Å². The lowest BCUT2D eigenvalue weighted by Gasteiger charge is -2.37. The van der Waals surface area contributed by atoms with Gasteiger partial charge in [0, 0.05) is 22.4 Å². The minimum Gasteiger partial charge on any atom is -0.415 e. The molecule has 15 heteroatoms. The number of anilines is 2. The molecule has 43 heavy (non-hydrogen) atoms. The van der Waals surface area contributed by atoms with E-state index >= 15 is 0 Å². The van der Waals surface area contributed by atoms with Gasteiger partial charge in [0.05, 0.1) is 16.9 Å². The maximum absolute atomic E-state index is 14.0. The minimum atomic E-state index is -5.12. The Kier molecular flexibility index (Phi) is 7.41. The molecule has 2 aromatic carbocycles. The molecule has 0 unspecified atom stereocenters. The standard InChI is InChI=1S/C14H9ClF3NO2.C14H9F5N2O/c15-9-3-4-11-10(7-9)13(14(16,17)18,21-12(20)19-11)6-5-8-1-2-8;15-8-3-4-9-10(11(8)16)13(14(17,18)19,21-12(22)20-9)6-5-7-1-2-7/h3-4,7-8H,1-2H2,(H,19,20);3-4,7H,1-2H2,(H2,20,21,22)/t2*13-/m00/s1. The first-order chi connectivity index (χ1) is 20.1. The second-order valence-corrected chi connectivity index (χ2v) is 10.5. The lowest BCUT2D eigenvalue weighted by atomic mass is 9.85. The Bertz CT molecular complexity index is 1630. The van der Waals surface area contributed by atoms with Gasteiger partial charge in [-0.15, -0.1) is 0 Å². The van der Waals surface area contributed by atoms with E-state index in [4.69, 9.17) is 11.6 Å². The van der Waals surface area contributed by atoms with Gasteiger partial charge < -0.3 is 15.4 Å². The van der Waals surface area contributed by atoms with Crippen LogP contribution in [0.3, 0.4) is 0 Å². The number of rotatable bonds is 0. The first-order valence-electron chi connectivity index (χ1n) is 12.6. The van der Waals surface area contributed by atoms with Crippen LogP contribution in [-0.4, -0.2) is 24.5 Å². The summed E-state index contributed by atoms with van der Waals surface area (Å²) in [6.45, 7) is 0. The number of amides is 3. The van der Waals surface area contributed by atoms with Gasteiger partial charge in [-0.25, -0.2) is 18.4 Å². The van der Waals surface area contributed by atoms with Gasteiger partial charge in [-0.3, -0.25) is 5.32 Å². The maximum Gasteiger partial charge on any atom is 0.445 e. The smallest absolute Gasteiger partial charge is 0.415 e. The molecule has 3 N–H and O–H groups in total. The predicted octanol–water partition coefficient (Wildman–Crippen LogP) is 7.34. The van der Waals surface area contributed by atoms with Crippen LogP contribution in [0.1, 0.15) is 36.8 Å². The van der Waals surface area contributed by atoms with E-state index in [1.54, 1.807) is 5.32 Å². The SMILES string of the molecule is O=C1Nc2ccc(Cl)cc2[C@@](C#CC2CC2)(C(F)(F)F)O1.O=C1Nc2ccc(F)c(F)c2[C@@](C#CC2CC2)(C(F)(F)F)N1. The molecule has 2 aromatic rings. The average Bonchev–Trinajstić information content (AvgIpc) is 3.83. The Labute approximate surface area is 243 Å². The molecule has 226 valence electrons. The first kappa shape index (κ1) is 30.3. The Morgan fingerprint density at radius 1 is 0.837 bits per heavy atom. The third kappa shape index (κ3) is 5.76. The Hall–Kier alpha value is -4.17. The maximum atomic E-state index is 14.0. The van der Waals surface area contributed by atoms with E-state index in [0.717, 1.165) is 25.0 Å². The average molecular weight is 632 g/mol. The zero-order valence-electron chi connectivity index (χ0n) is 21.5. The lowest BCUT2D eigenvalue weighted by Crippen LogP contribution is -2.59. The summed E-state index contributed by atoms with van der Waals surface area (Å²) in [5.41, 5.74) is -8.04. The number of fused-ring (bicyclic) bond motifs is 2. The van der Waals surface area contributed by atoms with Crippen molar-refractivity contribution >= 4 is 35.1 Å². The molecule has 6 rings (SSSR count). The molecular formula is C28H18ClF8N3O3. The molecule has 2 heterocycles. The number of alkyl halides is 6. The molecule has 6 nitrogen and oxygen atoms in total. The Morgan fingerprint density at radius 3 is 2.02 bits per heavy atom. The summed E-state index contributed by atoms with van der Waals surface area (Å²) in [5, 5.41) is 5.99. The van der Waals surface area contributed by atoms with Gasteiger partial charge in [0.2, 0.25) is 5.54 Å². The summed E-state index contributed by atoms with van der Waals surface area (Å²) < 4.78 is 114. The molecule has 0 saturated heterocycles. The van der Waals surface area contributed by atoms with E-state index in [9.17, 15) is 44.7 Å². The number of nitrogens with one attached hydrogen (secondary N) is 3. The first-order valence-corrected chi connectivity index (χ1v) is 13.0.